The van der Waals surface area contributed by atoms with Crippen LogP contribution in [0.25, 0.3) is 0 Å². The molecule has 0 aromatic rings. The third-order valence-electron chi connectivity index (χ3n) is 5.16. The molecule has 2 rings (SSSR count). The SMILES string of the molecule is CC1C(O)CC(CCC2CCC(O)CC2)CC1O. The smallest absolute Gasteiger partial charge is 0.0593 e. The molecule has 0 spiro atoms. The van der Waals surface area contributed by atoms with Crippen LogP contribution in [0, 0.1) is 17.8 Å². The molecule has 0 aliphatic heterocycles. The molecule has 3 N–H and O–H groups in total. The van der Waals surface area contributed by atoms with Gasteiger partial charge in [-0.3, -0.25) is 0 Å². The van der Waals surface area contributed by atoms with E-state index in [2.05, 4.69) is 0 Å². The number of rotatable bonds is 3. The Morgan fingerprint density at radius 1 is 0.778 bits per heavy atom. The van der Waals surface area contributed by atoms with E-state index in [4.69, 9.17) is 0 Å². The van der Waals surface area contributed by atoms with Gasteiger partial charge in [0.15, 0.2) is 0 Å². The minimum absolute atomic E-state index is 0.0334. The topological polar surface area (TPSA) is 60.7 Å². The van der Waals surface area contributed by atoms with E-state index in [1.807, 2.05) is 6.92 Å². The first kappa shape index (κ1) is 14.3. The minimum atomic E-state index is -0.327. The summed E-state index contributed by atoms with van der Waals surface area (Å²) in [5.74, 6) is 1.27. The molecule has 0 radical (unpaired) electrons. The Morgan fingerprint density at radius 2 is 1.28 bits per heavy atom. The van der Waals surface area contributed by atoms with E-state index in [9.17, 15) is 15.3 Å². The summed E-state index contributed by atoms with van der Waals surface area (Å²) in [6.07, 6.45) is 7.52. The van der Waals surface area contributed by atoms with Crippen LogP contribution < -0.4 is 0 Å². The molecule has 18 heavy (non-hydrogen) atoms. The molecule has 2 saturated carbocycles. The van der Waals surface area contributed by atoms with Crippen LogP contribution in [0.2, 0.25) is 0 Å². The third kappa shape index (κ3) is 3.69. The Hall–Kier alpha value is -0.120. The molecule has 0 aromatic heterocycles. The van der Waals surface area contributed by atoms with Crippen molar-refractivity contribution in [2.75, 3.05) is 0 Å². The van der Waals surface area contributed by atoms with Crippen molar-refractivity contribution in [2.45, 2.75) is 76.6 Å². The monoisotopic (exact) mass is 256 g/mol. The second kappa shape index (κ2) is 6.36. The second-order valence-electron chi connectivity index (χ2n) is 6.58. The Morgan fingerprint density at radius 3 is 1.83 bits per heavy atom. The van der Waals surface area contributed by atoms with E-state index < -0.39 is 0 Å². The highest BCUT2D eigenvalue weighted by Crippen LogP contribution is 2.35. The lowest BCUT2D eigenvalue weighted by Gasteiger charge is -2.36. The highest BCUT2D eigenvalue weighted by molar-refractivity contribution is 4.84. The average molecular weight is 256 g/mol. The summed E-state index contributed by atoms with van der Waals surface area (Å²) in [5, 5.41) is 29.3. The van der Waals surface area contributed by atoms with Crippen molar-refractivity contribution in [1.82, 2.24) is 0 Å². The number of hydrogen-bond acceptors (Lipinski definition) is 3. The van der Waals surface area contributed by atoms with Crippen molar-refractivity contribution in [3.63, 3.8) is 0 Å². The Balaban J connectivity index is 1.70. The first-order valence-corrected chi connectivity index (χ1v) is 7.60. The predicted octanol–water partition coefficient (Wildman–Crippen LogP) is 2.09. The second-order valence-corrected chi connectivity index (χ2v) is 6.58. The van der Waals surface area contributed by atoms with Gasteiger partial charge < -0.3 is 15.3 Å². The zero-order valence-electron chi connectivity index (χ0n) is 11.5. The Labute approximate surface area is 110 Å². The molecule has 0 amide bonds. The van der Waals surface area contributed by atoms with Crippen molar-refractivity contribution >= 4 is 0 Å². The van der Waals surface area contributed by atoms with Gasteiger partial charge in [-0.25, -0.2) is 0 Å². The van der Waals surface area contributed by atoms with E-state index in [0.717, 1.165) is 50.9 Å². The molecule has 2 fully saturated rings. The Kier molecular flexibility index (Phi) is 5.05. The van der Waals surface area contributed by atoms with Crippen LogP contribution >= 0.6 is 0 Å². The van der Waals surface area contributed by atoms with Crippen LogP contribution in [0.5, 0.6) is 0 Å². The van der Waals surface area contributed by atoms with Gasteiger partial charge in [0.05, 0.1) is 18.3 Å². The molecule has 2 aliphatic rings. The molecule has 0 bridgehead atoms. The van der Waals surface area contributed by atoms with Crippen molar-refractivity contribution in [1.29, 1.82) is 0 Å². The summed E-state index contributed by atoms with van der Waals surface area (Å²) in [5.41, 5.74) is 0. The fraction of sp³-hybridized carbons (Fsp3) is 1.00. The van der Waals surface area contributed by atoms with E-state index >= 15 is 0 Å². The quantitative estimate of drug-likeness (QED) is 0.724. The molecule has 3 nitrogen and oxygen atoms in total. The van der Waals surface area contributed by atoms with Crippen LogP contribution in [0.1, 0.15) is 58.3 Å². The fourth-order valence-corrected chi connectivity index (χ4v) is 3.61. The van der Waals surface area contributed by atoms with Gasteiger partial charge in [0.1, 0.15) is 0 Å². The molecule has 2 unspecified atom stereocenters. The maximum Gasteiger partial charge on any atom is 0.0593 e. The molecular formula is C15H28O3. The van der Waals surface area contributed by atoms with Crippen LogP contribution in [-0.2, 0) is 0 Å². The van der Waals surface area contributed by atoms with Gasteiger partial charge in [-0.2, -0.15) is 0 Å². The third-order valence-corrected chi connectivity index (χ3v) is 5.16. The highest BCUT2D eigenvalue weighted by atomic mass is 16.3. The molecule has 0 saturated heterocycles. The molecule has 3 heteroatoms. The average Bonchev–Trinajstić information content (AvgIpc) is 2.35. The van der Waals surface area contributed by atoms with E-state index in [0.29, 0.717) is 5.92 Å². The summed E-state index contributed by atoms with van der Waals surface area (Å²) in [4.78, 5) is 0. The van der Waals surface area contributed by atoms with Crippen molar-refractivity contribution in [3.8, 4) is 0 Å². The van der Waals surface area contributed by atoms with Gasteiger partial charge in [0.2, 0.25) is 0 Å². The summed E-state index contributed by atoms with van der Waals surface area (Å²) < 4.78 is 0. The number of aliphatic hydroxyl groups is 3. The maximum atomic E-state index is 9.90. The lowest BCUT2D eigenvalue weighted by molar-refractivity contribution is -0.0394. The minimum Gasteiger partial charge on any atom is -0.393 e. The van der Waals surface area contributed by atoms with Gasteiger partial charge in [0.25, 0.3) is 0 Å². The summed E-state index contributed by atoms with van der Waals surface area (Å²) in [6, 6.07) is 0. The fourth-order valence-electron chi connectivity index (χ4n) is 3.61. The van der Waals surface area contributed by atoms with Gasteiger partial charge >= 0.3 is 0 Å². The summed E-state index contributed by atoms with van der Waals surface area (Å²) in [7, 11) is 0. The molecule has 2 atom stereocenters. The van der Waals surface area contributed by atoms with Crippen molar-refractivity contribution in [3.05, 3.63) is 0 Å². The van der Waals surface area contributed by atoms with E-state index in [1.165, 1.54) is 6.42 Å². The van der Waals surface area contributed by atoms with Crippen LogP contribution in [-0.4, -0.2) is 33.6 Å². The zero-order valence-corrected chi connectivity index (χ0v) is 11.5. The molecule has 106 valence electrons. The van der Waals surface area contributed by atoms with Gasteiger partial charge in [-0.05, 0) is 56.8 Å². The summed E-state index contributed by atoms with van der Waals surface area (Å²) in [6.45, 7) is 1.94. The van der Waals surface area contributed by atoms with Crippen molar-refractivity contribution < 1.29 is 15.3 Å². The van der Waals surface area contributed by atoms with Crippen LogP contribution in [0.4, 0.5) is 0 Å². The number of hydrogen-bond donors (Lipinski definition) is 3. The van der Waals surface area contributed by atoms with Gasteiger partial charge in [0, 0.05) is 5.92 Å². The summed E-state index contributed by atoms with van der Waals surface area (Å²) >= 11 is 0. The van der Waals surface area contributed by atoms with E-state index in [1.54, 1.807) is 0 Å². The van der Waals surface area contributed by atoms with Gasteiger partial charge in [-0.1, -0.05) is 13.3 Å². The largest absolute Gasteiger partial charge is 0.393 e. The number of aliphatic hydroxyl groups excluding tert-OH is 3. The standard InChI is InChI=1S/C15H28O3/c1-10-14(17)8-12(9-15(10)18)3-2-11-4-6-13(16)7-5-11/h10-18H,2-9H2,1H3. The lowest BCUT2D eigenvalue weighted by Crippen LogP contribution is -2.38. The Bertz CT molecular complexity index is 236. The van der Waals surface area contributed by atoms with Crippen molar-refractivity contribution in [2.24, 2.45) is 17.8 Å². The van der Waals surface area contributed by atoms with Crippen LogP contribution in [0.3, 0.4) is 0 Å². The van der Waals surface area contributed by atoms with E-state index in [-0.39, 0.29) is 24.2 Å². The lowest BCUT2D eigenvalue weighted by atomic mass is 9.75. The highest BCUT2D eigenvalue weighted by Gasteiger charge is 2.33. The normalized spacial score (nSPS) is 46.0. The molecular weight excluding hydrogens is 228 g/mol. The molecule has 0 heterocycles. The van der Waals surface area contributed by atoms with Gasteiger partial charge in [-0.15, -0.1) is 0 Å². The first-order chi connectivity index (χ1) is 8.56. The maximum absolute atomic E-state index is 9.90. The molecule has 2 aliphatic carbocycles. The zero-order chi connectivity index (χ0) is 13.1. The first-order valence-electron chi connectivity index (χ1n) is 7.60. The predicted molar refractivity (Wildman–Crippen MR) is 71.1 cm³/mol. The molecule has 0 aromatic carbocycles. The van der Waals surface area contributed by atoms with Crippen LogP contribution in [0.15, 0.2) is 0 Å².